The summed E-state index contributed by atoms with van der Waals surface area (Å²) in [4.78, 5) is 29.4. The monoisotopic (exact) mass is 503 g/mol. The van der Waals surface area contributed by atoms with Gasteiger partial charge in [-0.3, -0.25) is 14.5 Å². The first-order valence-electron chi connectivity index (χ1n) is 13.6. The third-order valence-corrected chi connectivity index (χ3v) is 9.57. The minimum atomic E-state index is -0.851. The number of phenols is 1. The highest BCUT2D eigenvalue weighted by molar-refractivity contribution is 5.90. The molecule has 1 unspecified atom stereocenters. The molecule has 1 spiro atoms. The van der Waals surface area contributed by atoms with Gasteiger partial charge in [0.1, 0.15) is 11.4 Å². The molecular weight excluding hydrogens is 470 g/mol. The van der Waals surface area contributed by atoms with E-state index >= 15 is 0 Å². The van der Waals surface area contributed by atoms with Gasteiger partial charge >= 0.3 is 5.97 Å². The van der Waals surface area contributed by atoms with E-state index in [1.54, 1.807) is 13.2 Å². The van der Waals surface area contributed by atoms with Crippen molar-refractivity contribution in [1.29, 1.82) is 0 Å². The van der Waals surface area contributed by atoms with E-state index in [2.05, 4.69) is 4.90 Å². The molecule has 7 heteroatoms. The van der Waals surface area contributed by atoms with Crippen molar-refractivity contribution < 1.29 is 28.9 Å². The van der Waals surface area contributed by atoms with Crippen LogP contribution >= 0.6 is 0 Å². The largest absolute Gasteiger partial charge is 0.504 e. The molecule has 194 valence electrons. The van der Waals surface area contributed by atoms with E-state index in [0.717, 1.165) is 42.0 Å². The SMILES string of the molecule is COc1cccc(CCC(=O)O[C@@]23CCC(=O)[C@@H]4Oc5c(O)ccc6c5[C@@]42CCN(CC2CC2)C3C6)c1. The Hall–Kier alpha value is -3.06. The third-order valence-electron chi connectivity index (χ3n) is 9.57. The number of carbonyl (C=O) groups excluding carboxylic acids is 2. The van der Waals surface area contributed by atoms with Gasteiger partial charge in [0.15, 0.2) is 23.4 Å². The number of piperidine rings is 1. The van der Waals surface area contributed by atoms with Gasteiger partial charge in [0.25, 0.3) is 0 Å². The number of esters is 1. The summed E-state index contributed by atoms with van der Waals surface area (Å²) in [6, 6.07) is 11.4. The first-order valence-corrected chi connectivity index (χ1v) is 13.6. The molecule has 3 fully saturated rings. The second-order valence-electron chi connectivity index (χ2n) is 11.5. The summed E-state index contributed by atoms with van der Waals surface area (Å²) in [5.41, 5.74) is 1.44. The Morgan fingerprint density at radius 3 is 2.89 bits per heavy atom. The molecule has 2 bridgehead atoms. The van der Waals surface area contributed by atoms with E-state index in [4.69, 9.17) is 14.2 Å². The zero-order chi connectivity index (χ0) is 25.4. The number of phenolic OH excluding ortho intramolecular Hbond substituents is 1. The zero-order valence-electron chi connectivity index (χ0n) is 21.2. The first kappa shape index (κ1) is 23.1. The Morgan fingerprint density at radius 1 is 1.22 bits per heavy atom. The fourth-order valence-electron chi connectivity index (χ4n) is 7.77. The van der Waals surface area contributed by atoms with Gasteiger partial charge in [-0.15, -0.1) is 0 Å². The normalized spacial score (nSPS) is 31.4. The molecule has 0 radical (unpaired) electrons. The van der Waals surface area contributed by atoms with Gasteiger partial charge in [-0.25, -0.2) is 0 Å². The molecule has 0 aromatic heterocycles. The Bertz CT molecular complexity index is 1290. The van der Waals surface area contributed by atoms with Crippen LogP contribution in [-0.4, -0.2) is 59.7 Å². The topological polar surface area (TPSA) is 85.3 Å². The van der Waals surface area contributed by atoms with Gasteiger partial charge in [-0.05, 0) is 80.3 Å². The number of ketones is 1. The smallest absolute Gasteiger partial charge is 0.306 e. The van der Waals surface area contributed by atoms with Crippen molar-refractivity contribution in [2.75, 3.05) is 20.2 Å². The summed E-state index contributed by atoms with van der Waals surface area (Å²) in [6.07, 6.45) is 4.80. The minimum Gasteiger partial charge on any atom is -0.504 e. The maximum absolute atomic E-state index is 13.6. The molecule has 1 saturated heterocycles. The number of ether oxygens (including phenoxy) is 3. The van der Waals surface area contributed by atoms with Crippen molar-refractivity contribution >= 4 is 11.8 Å². The molecule has 2 saturated carbocycles. The number of hydrogen-bond donors (Lipinski definition) is 1. The van der Waals surface area contributed by atoms with Crippen LogP contribution < -0.4 is 9.47 Å². The van der Waals surface area contributed by atoms with Gasteiger partial charge in [-0.2, -0.15) is 0 Å². The molecule has 3 aliphatic carbocycles. The zero-order valence-corrected chi connectivity index (χ0v) is 21.2. The summed E-state index contributed by atoms with van der Waals surface area (Å²) in [5, 5.41) is 10.7. The van der Waals surface area contributed by atoms with E-state index in [1.165, 1.54) is 12.8 Å². The van der Waals surface area contributed by atoms with Gasteiger partial charge in [0, 0.05) is 24.9 Å². The number of methoxy groups -OCH3 is 1. The van der Waals surface area contributed by atoms with Crippen LogP contribution in [0.25, 0.3) is 0 Å². The minimum absolute atomic E-state index is 0.00943. The van der Waals surface area contributed by atoms with Crippen LogP contribution in [0.2, 0.25) is 0 Å². The van der Waals surface area contributed by atoms with Crippen LogP contribution in [0, 0.1) is 5.92 Å². The van der Waals surface area contributed by atoms with Crippen LogP contribution in [0.15, 0.2) is 36.4 Å². The lowest BCUT2D eigenvalue weighted by Gasteiger charge is -2.63. The summed E-state index contributed by atoms with van der Waals surface area (Å²) in [7, 11) is 1.63. The van der Waals surface area contributed by atoms with Gasteiger partial charge in [0.05, 0.1) is 18.6 Å². The number of hydrogen-bond acceptors (Lipinski definition) is 7. The number of Topliss-reactive ketones (excluding diaryl/α,β-unsaturated/α-hetero) is 1. The summed E-state index contributed by atoms with van der Waals surface area (Å²) >= 11 is 0. The summed E-state index contributed by atoms with van der Waals surface area (Å²) in [6.45, 7) is 1.84. The molecular formula is C30H33NO6. The second kappa shape index (κ2) is 8.22. The van der Waals surface area contributed by atoms with Crippen LogP contribution in [0.4, 0.5) is 0 Å². The van der Waals surface area contributed by atoms with E-state index in [0.29, 0.717) is 37.4 Å². The number of nitrogens with zero attached hydrogens (tertiary/aromatic N) is 1. The molecule has 37 heavy (non-hydrogen) atoms. The maximum atomic E-state index is 13.6. The maximum Gasteiger partial charge on any atom is 0.306 e. The van der Waals surface area contributed by atoms with Crippen molar-refractivity contribution in [2.45, 2.75) is 74.5 Å². The lowest BCUT2D eigenvalue weighted by molar-refractivity contribution is -0.216. The highest BCUT2D eigenvalue weighted by Gasteiger charge is 2.75. The van der Waals surface area contributed by atoms with Crippen molar-refractivity contribution in [3.05, 3.63) is 53.1 Å². The third kappa shape index (κ3) is 3.29. The van der Waals surface area contributed by atoms with Gasteiger partial charge in [-0.1, -0.05) is 18.2 Å². The van der Waals surface area contributed by atoms with E-state index in [9.17, 15) is 14.7 Å². The molecule has 2 aromatic rings. The standard InChI is InChI=1S/C30H33NO6/c1-35-21-4-2-3-18(15-21)7-10-25(34)37-30-12-11-23(33)28-29(30)13-14-31(17-19-5-6-19)24(30)16-20-8-9-22(32)27(36-28)26(20)29/h2-4,8-9,15,19,24,28,32H,5-7,10-14,16-17H2,1H3/t24?,28-,29-,30+/m0/s1. The Labute approximate surface area is 216 Å². The molecule has 4 atom stereocenters. The highest BCUT2D eigenvalue weighted by Crippen LogP contribution is 2.66. The lowest BCUT2D eigenvalue weighted by Crippen LogP contribution is -2.77. The van der Waals surface area contributed by atoms with Crippen molar-refractivity contribution in [2.24, 2.45) is 5.92 Å². The molecule has 5 aliphatic rings. The number of benzene rings is 2. The van der Waals surface area contributed by atoms with Crippen LogP contribution in [0.5, 0.6) is 17.2 Å². The molecule has 1 N–H and O–H groups in total. The molecule has 7 nitrogen and oxygen atoms in total. The van der Waals surface area contributed by atoms with E-state index < -0.39 is 17.1 Å². The lowest BCUT2D eigenvalue weighted by atomic mass is 9.48. The Morgan fingerprint density at radius 2 is 2.08 bits per heavy atom. The average Bonchev–Trinajstić information content (AvgIpc) is 3.64. The highest BCUT2D eigenvalue weighted by atomic mass is 16.6. The number of aromatic hydroxyl groups is 1. The fourth-order valence-corrected chi connectivity index (χ4v) is 7.77. The molecule has 0 amide bonds. The van der Waals surface area contributed by atoms with E-state index in [-0.39, 0.29) is 30.0 Å². The number of rotatable bonds is 7. The second-order valence-corrected chi connectivity index (χ2v) is 11.5. The summed E-state index contributed by atoms with van der Waals surface area (Å²) < 4.78 is 18.3. The van der Waals surface area contributed by atoms with Crippen LogP contribution in [0.1, 0.15) is 55.2 Å². The first-order chi connectivity index (χ1) is 17.9. The van der Waals surface area contributed by atoms with Crippen molar-refractivity contribution in [3.63, 3.8) is 0 Å². The number of carbonyl (C=O) groups is 2. The van der Waals surface area contributed by atoms with Crippen LogP contribution in [0.3, 0.4) is 0 Å². The molecule has 2 aliphatic heterocycles. The van der Waals surface area contributed by atoms with E-state index in [1.807, 2.05) is 30.3 Å². The van der Waals surface area contributed by atoms with Crippen LogP contribution in [-0.2, 0) is 32.6 Å². The van der Waals surface area contributed by atoms with Gasteiger partial charge in [0.2, 0.25) is 0 Å². The fraction of sp³-hybridized carbons (Fsp3) is 0.533. The Balaban J connectivity index is 1.27. The number of likely N-dealkylation sites (tertiary alicyclic amines) is 1. The molecule has 2 aromatic carbocycles. The van der Waals surface area contributed by atoms with Crippen molar-refractivity contribution in [3.8, 4) is 17.2 Å². The number of aryl methyl sites for hydroxylation is 1. The van der Waals surface area contributed by atoms with Crippen molar-refractivity contribution in [1.82, 2.24) is 4.90 Å². The average molecular weight is 504 g/mol. The molecule has 7 rings (SSSR count). The predicted molar refractivity (Wildman–Crippen MR) is 135 cm³/mol. The quantitative estimate of drug-likeness (QED) is 0.577. The van der Waals surface area contributed by atoms with Gasteiger partial charge < -0.3 is 19.3 Å². The Kier molecular flexibility index (Phi) is 5.13. The predicted octanol–water partition coefficient (Wildman–Crippen LogP) is 3.72. The summed E-state index contributed by atoms with van der Waals surface area (Å²) in [5.74, 6) is 1.75. The molecule has 2 heterocycles.